The Morgan fingerprint density at radius 2 is 1.74 bits per heavy atom. The van der Waals surface area contributed by atoms with E-state index in [1.54, 1.807) is 24.3 Å². The zero-order chi connectivity index (χ0) is 31.1. The van der Waals surface area contributed by atoms with Crippen LogP contribution in [0.15, 0.2) is 82.7 Å². The molecule has 0 bridgehead atoms. The molecule has 13 heteroatoms. The van der Waals surface area contributed by atoms with E-state index in [0.29, 0.717) is 27.9 Å². The molecule has 1 aromatic heterocycles. The highest BCUT2D eigenvalue weighted by Gasteiger charge is 2.43. The Morgan fingerprint density at radius 3 is 2.44 bits per heavy atom. The zero-order valence-corrected chi connectivity index (χ0v) is 24.4. The molecule has 43 heavy (non-hydrogen) atoms. The monoisotopic (exact) mass is 647 g/mol. The number of alkyl halides is 3. The number of pyridine rings is 1. The molecule has 0 saturated heterocycles. The van der Waals surface area contributed by atoms with E-state index in [9.17, 15) is 31.2 Å². The van der Waals surface area contributed by atoms with Crippen molar-refractivity contribution in [2.24, 2.45) is 0 Å². The number of nitrogens with two attached hydrogens (primary N) is 1. The smallest absolute Gasteiger partial charge is 0.397 e. The predicted molar refractivity (Wildman–Crippen MR) is 157 cm³/mol. The molecule has 0 aliphatic heterocycles. The minimum absolute atomic E-state index is 0.0111. The number of fused-ring (bicyclic) bond motifs is 3. The quantitative estimate of drug-likeness (QED) is 0.217. The van der Waals surface area contributed by atoms with Gasteiger partial charge in [0.05, 0.1) is 32.1 Å². The Morgan fingerprint density at radius 1 is 1.00 bits per heavy atom. The van der Waals surface area contributed by atoms with Gasteiger partial charge in [0.25, 0.3) is 0 Å². The van der Waals surface area contributed by atoms with Crippen LogP contribution in [0.3, 0.4) is 0 Å². The second-order valence-electron chi connectivity index (χ2n) is 9.77. The van der Waals surface area contributed by atoms with Gasteiger partial charge in [-0.15, -0.1) is 0 Å². The molecular weight excluding hydrogens is 626 g/mol. The molecular formula is C30H22Cl2F3N3O4S. The molecule has 7 nitrogen and oxygen atoms in total. The lowest BCUT2D eigenvalue weighted by molar-refractivity contribution is -0.161. The van der Waals surface area contributed by atoms with Crippen molar-refractivity contribution in [2.45, 2.75) is 28.3 Å². The van der Waals surface area contributed by atoms with E-state index < -0.39 is 40.9 Å². The fraction of sp³-hybridized carbons (Fsp3) is 0.167. The molecule has 1 heterocycles. The van der Waals surface area contributed by atoms with Crippen LogP contribution in [-0.4, -0.2) is 49.8 Å². The minimum Gasteiger partial charge on any atom is -0.397 e. The summed E-state index contributed by atoms with van der Waals surface area (Å²) in [7, 11) is -4.47. The lowest BCUT2D eigenvalue weighted by Gasteiger charge is -2.28. The van der Waals surface area contributed by atoms with Crippen LogP contribution in [0.1, 0.15) is 23.5 Å². The Bertz CT molecular complexity index is 1870. The SMILES string of the molecule is Nc1cccnc1-c1c(S(=O)(=O)c2cc(Cl)ccc2Cl)ccc2c1C(C(=O)N(CCC=O)CC(F)(F)F)c1ccccc1-2. The van der Waals surface area contributed by atoms with Gasteiger partial charge < -0.3 is 15.4 Å². The second kappa shape index (κ2) is 11.6. The Kier molecular flexibility index (Phi) is 8.26. The van der Waals surface area contributed by atoms with Gasteiger partial charge in [-0.1, -0.05) is 53.5 Å². The number of nitrogen functional groups attached to an aromatic ring is 1. The molecule has 1 aliphatic rings. The van der Waals surface area contributed by atoms with Crippen molar-refractivity contribution in [2.75, 3.05) is 18.8 Å². The highest BCUT2D eigenvalue weighted by molar-refractivity contribution is 7.91. The largest absolute Gasteiger partial charge is 0.406 e. The number of hydrogen-bond acceptors (Lipinski definition) is 6. The number of aldehydes is 1. The topological polar surface area (TPSA) is 110 Å². The first-order valence-electron chi connectivity index (χ1n) is 12.8. The number of halogens is 5. The van der Waals surface area contributed by atoms with Gasteiger partial charge in [-0.2, -0.15) is 13.2 Å². The molecule has 0 fully saturated rings. The van der Waals surface area contributed by atoms with Gasteiger partial charge in [0.15, 0.2) is 0 Å². The standard InChI is InChI=1S/C30H22Cl2F3N3O4S/c31-17-8-10-21(32)24(15-17)43(41,42)23-11-9-20-18-5-1-2-6-19(18)26(25(20)27(23)28-22(36)7-3-12-37-28)29(40)38(13-4-14-39)16-30(33,34)35/h1-3,5-12,14-15,26H,4,13,16,36H2. The van der Waals surface area contributed by atoms with Crippen molar-refractivity contribution in [3.8, 4) is 22.4 Å². The highest BCUT2D eigenvalue weighted by Crippen LogP contribution is 2.52. The maximum absolute atomic E-state index is 14.2. The Balaban J connectivity index is 1.85. The number of carbonyl (C=O) groups is 2. The Hall–Kier alpha value is -3.93. The molecule has 1 unspecified atom stereocenters. The number of sulfone groups is 1. The average Bonchev–Trinajstić information content (AvgIpc) is 3.30. The van der Waals surface area contributed by atoms with Crippen LogP contribution < -0.4 is 5.73 Å². The molecule has 4 aromatic rings. The molecule has 0 spiro atoms. The lowest BCUT2D eigenvalue weighted by Crippen LogP contribution is -2.42. The van der Waals surface area contributed by atoms with Crippen molar-refractivity contribution in [1.29, 1.82) is 0 Å². The van der Waals surface area contributed by atoms with Crippen molar-refractivity contribution in [3.63, 3.8) is 0 Å². The molecule has 1 aliphatic carbocycles. The number of aromatic nitrogens is 1. The summed E-state index contributed by atoms with van der Waals surface area (Å²) in [4.78, 5) is 29.5. The van der Waals surface area contributed by atoms with Gasteiger partial charge in [-0.05, 0) is 58.7 Å². The van der Waals surface area contributed by atoms with E-state index in [-0.39, 0.29) is 48.8 Å². The molecule has 5 rings (SSSR count). The van der Waals surface area contributed by atoms with Gasteiger partial charge in [-0.3, -0.25) is 9.78 Å². The summed E-state index contributed by atoms with van der Waals surface area (Å²) in [6.07, 6.45) is -3.29. The van der Waals surface area contributed by atoms with Gasteiger partial charge >= 0.3 is 6.18 Å². The molecule has 222 valence electrons. The molecule has 2 N–H and O–H groups in total. The third-order valence-electron chi connectivity index (χ3n) is 7.05. The molecule has 3 aromatic carbocycles. The first-order valence-corrected chi connectivity index (χ1v) is 15.1. The zero-order valence-electron chi connectivity index (χ0n) is 22.1. The van der Waals surface area contributed by atoms with Crippen molar-refractivity contribution >= 4 is 50.9 Å². The fourth-order valence-corrected chi connectivity index (χ4v) is 7.54. The Labute approximate surface area is 255 Å². The fourth-order valence-electron chi connectivity index (χ4n) is 5.31. The van der Waals surface area contributed by atoms with Crippen LogP contribution in [0.4, 0.5) is 18.9 Å². The summed E-state index contributed by atoms with van der Waals surface area (Å²) in [5.41, 5.74) is 7.76. The van der Waals surface area contributed by atoms with E-state index in [4.69, 9.17) is 28.9 Å². The van der Waals surface area contributed by atoms with Crippen molar-refractivity contribution < 1.29 is 31.2 Å². The first-order chi connectivity index (χ1) is 20.3. The van der Waals surface area contributed by atoms with Gasteiger partial charge in [0.1, 0.15) is 12.8 Å². The van der Waals surface area contributed by atoms with Crippen LogP contribution in [0, 0.1) is 0 Å². The van der Waals surface area contributed by atoms with E-state index in [2.05, 4.69) is 4.98 Å². The third kappa shape index (κ3) is 5.72. The van der Waals surface area contributed by atoms with Crippen LogP contribution in [-0.2, 0) is 19.4 Å². The maximum Gasteiger partial charge on any atom is 0.406 e. The summed E-state index contributed by atoms with van der Waals surface area (Å²) in [6.45, 7) is -2.10. The molecule has 0 saturated carbocycles. The second-order valence-corrected chi connectivity index (χ2v) is 12.5. The molecule has 1 atom stereocenters. The predicted octanol–water partition coefficient (Wildman–Crippen LogP) is 6.56. The maximum atomic E-state index is 14.2. The third-order valence-corrected chi connectivity index (χ3v) is 9.56. The normalized spacial score (nSPS) is 14.2. The van der Waals surface area contributed by atoms with Crippen LogP contribution in [0.25, 0.3) is 22.4 Å². The number of anilines is 1. The van der Waals surface area contributed by atoms with Crippen molar-refractivity contribution in [3.05, 3.63) is 94.1 Å². The number of nitrogens with zero attached hydrogens (tertiary/aromatic N) is 2. The number of rotatable bonds is 8. The minimum atomic E-state index is -4.76. The number of hydrogen-bond donors (Lipinski definition) is 1. The summed E-state index contributed by atoms with van der Waals surface area (Å²) in [5.74, 6) is -2.34. The van der Waals surface area contributed by atoms with Crippen molar-refractivity contribution in [1.82, 2.24) is 9.88 Å². The van der Waals surface area contributed by atoms with E-state index in [1.165, 1.54) is 48.7 Å². The number of amides is 1. The van der Waals surface area contributed by atoms with Gasteiger partial charge in [0.2, 0.25) is 15.7 Å². The van der Waals surface area contributed by atoms with Crippen LogP contribution in [0.2, 0.25) is 10.0 Å². The summed E-state index contributed by atoms with van der Waals surface area (Å²) < 4.78 is 69.4. The number of carbonyl (C=O) groups excluding carboxylic acids is 2. The summed E-state index contributed by atoms with van der Waals surface area (Å²) >= 11 is 12.4. The first kappa shape index (κ1) is 30.5. The summed E-state index contributed by atoms with van der Waals surface area (Å²) in [6, 6.07) is 16.4. The van der Waals surface area contributed by atoms with E-state index in [0.717, 1.165) is 0 Å². The highest BCUT2D eigenvalue weighted by atomic mass is 35.5. The van der Waals surface area contributed by atoms with Crippen LogP contribution >= 0.6 is 23.2 Å². The molecule has 0 radical (unpaired) electrons. The average molecular weight is 648 g/mol. The number of benzene rings is 3. The lowest BCUT2D eigenvalue weighted by atomic mass is 9.89. The van der Waals surface area contributed by atoms with E-state index >= 15 is 0 Å². The van der Waals surface area contributed by atoms with E-state index in [1.807, 2.05) is 0 Å². The van der Waals surface area contributed by atoms with Crippen LogP contribution in [0.5, 0.6) is 0 Å². The van der Waals surface area contributed by atoms with Gasteiger partial charge in [0, 0.05) is 29.7 Å². The van der Waals surface area contributed by atoms with Gasteiger partial charge in [-0.25, -0.2) is 8.42 Å². The summed E-state index contributed by atoms with van der Waals surface area (Å²) in [5, 5.41) is -0.0209. The molecule has 1 amide bonds.